The van der Waals surface area contributed by atoms with E-state index in [-0.39, 0.29) is 16.8 Å². The predicted octanol–water partition coefficient (Wildman–Crippen LogP) is 3.89. The molecule has 2 heterocycles. The van der Waals surface area contributed by atoms with Gasteiger partial charge >= 0.3 is 0 Å². The maximum Gasteiger partial charge on any atom is 0.253 e. The van der Waals surface area contributed by atoms with Gasteiger partial charge in [-0.25, -0.2) is 8.42 Å². The topological polar surface area (TPSA) is 57.7 Å². The zero-order valence-electron chi connectivity index (χ0n) is 16.0. The number of carbonyl (C=O) groups excluding carboxylic acids is 1. The number of aryl methyl sites for hydroxylation is 1. The van der Waals surface area contributed by atoms with Gasteiger partial charge in [-0.15, -0.1) is 11.3 Å². The van der Waals surface area contributed by atoms with E-state index in [1.54, 1.807) is 51.9 Å². The Hall–Kier alpha value is -1.70. The Morgan fingerprint density at radius 1 is 1.22 bits per heavy atom. The third-order valence-corrected chi connectivity index (χ3v) is 8.18. The SMILES string of the molecule is Cc1ccsc1CN(C)C(=O)c1ccc(S(=O)(=O)N2CCCCC2C)cc1. The van der Waals surface area contributed by atoms with Crippen molar-refractivity contribution in [2.45, 2.75) is 50.6 Å². The van der Waals surface area contributed by atoms with Crippen molar-refractivity contribution in [2.75, 3.05) is 13.6 Å². The second-order valence-electron chi connectivity index (χ2n) is 7.17. The fourth-order valence-electron chi connectivity index (χ4n) is 3.41. The van der Waals surface area contributed by atoms with Crippen LogP contribution < -0.4 is 0 Å². The fourth-order valence-corrected chi connectivity index (χ4v) is 6.07. The Morgan fingerprint density at radius 2 is 1.93 bits per heavy atom. The van der Waals surface area contributed by atoms with Crippen LogP contribution >= 0.6 is 11.3 Å². The number of hydrogen-bond acceptors (Lipinski definition) is 4. The van der Waals surface area contributed by atoms with E-state index in [9.17, 15) is 13.2 Å². The normalized spacial score (nSPS) is 18.4. The van der Waals surface area contributed by atoms with E-state index in [1.165, 1.54) is 5.56 Å². The molecule has 0 N–H and O–H groups in total. The lowest BCUT2D eigenvalue weighted by Crippen LogP contribution is -2.41. The van der Waals surface area contributed by atoms with Crippen molar-refractivity contribution in [3.8, 4) is 0 Å². The summed E-state index contributed by atoms with van der Waals surface area (Å²) in [6.45, 7) is 5.10. The highest BCUT2D eigenvalue weighted by Gasteiger charge is 2.31. The third kappa shape index (κ3) is 4.25. The second kappa shape index (κ2) is 8.12. The first-order chi connectivity index (χ1) is 12.8. The van der Waals surface area contributed by atoms with E-state index >= 15 is 0 Å². The number of carbonyl (C=O) groups is 1. The highest BCUT2D eigenvalue weighted by Crippen LogP contribution is 2.25. The molecule has 0 spiro atoms. The van der Waals surface area contributed by atoms with E-state index < -0.39 is 10.0 Å². The third-order valence-electron chi connectivity index (χ3n) is 5.15. The van der Waals surface area contributed by atoms with Crippen molar-refractivity contribution >= 4 is 27.3 Å². The average molecular weight is 407 g/mol. The second-order valence-corrected chi connectivity index (χ2v) is 10.1. The lowest BCUT2D eigenvalue weighted by atomic mass is 10.1. The lowest BCUT2D eigenvalue weighted by molar-refractivity contribution is 0.0786. The maximum absolute atomic E-state index is 12.9. The Morgan fingerprint density at radius 3 is 2.52 bits per heavy atom. The summed E-state index contributed by atoms with van der Waals surface area (Å²) in [6.07, 6.45) is 2.85. The fraction of sp³-hybridized carbons (Fsp3) is 0.450. The van der Waals surface area contributed by atoms with E-state index in [1.807, 2.05) is 25.3 Å². The minimum absolute atomic E-state index is 0.0187. The van der Waals surface area contributed by atoms with Gasteiger partial charge in [0.05, 0.1) is 11.4 Å². The van der Waals surface area contributed by atoms with E-state index in [2.05, 4.69) is 0 Å². The molecule has 1 aliphatic heterocycles. The first kappa shape index (κ1) is 20.0. The summed E-state index contributed by atoms with van der Waals surface area (Å²) in [5.41, 5.74) is 1.68. The summed E-state index contributed by atoms with van der Waals surface area (Å²) >= 11 is 1.63. The van der Waals surface area contributed by atoms with Gasteiger partial charge in [0.1, 0.15) is 0 Å². The highest BCUT2D eigenvalue weighted by atomic mass is 32.2. The largest absolute Gasteiger partial charge is 0.337 e. The van der Waals surface area contributed by atoms with Crippen molar-refractivity contribution in [3.05, 3.63) is 51.7 Å². The molecular formula is C20H26N2O3S2. The molecule has 1 aromatic heterocycles. The van der Waals surface area contributed by atoms with Gasteiger partial charge in [-0.3, -0.25) is 4.79 Å². The molecule has 1 saturated heterocycles. The van der Waals surface area contributed by atoms with Gasteiger partial charge in [-0.1, -0.05) is 6.42 Å². The Labute approximate surface area is 165 Å². The van der Waals surface area contributed by atoms with E-state index in [0.717, 1.165) is 24.1 Å². The molecule has 0 saturated carbocycles. The summed E-state index contributed by atoms with van der Waals surface area (Å²) in [4.78, 5) is 15.7. The maximum atomic E-state index is 12.9. The van der Waals surface area contributed by atoms with Gasteiger partial charge in [0.2, 0.25) is 10.0 Å². The van der Waals surface area contributed by atoms with Gasteiger partial charge in [-0.2, -0.15) is 4.31 Å². The van der Waals surface area contributed by atoms with Crippen molar-refractivity contribution < 1.29 is 13.2 Å². The molecule has 7 heteroatoms. The molecule has 0 radical (unpaired) electrons. The van der Waals surface area contributed by atoms with Crippen LogP contribution in [-0.4, -0.2) is 43.2 Å². The highest BCUT2D eigenvalue weighted by molar-refractivity contribution is 7.89. The standard InChI is InChI=1S/C20H26N2O3S2/c1-15-11-13-26-19(15)14-21(3)20(23)17-7-9-18(10-8-17)27(24,25)22-12-5-4-6-16(22)2/h7-11,13,16H,4-6,12,14H2,1-3H3. The van der Waals surface area contributed by atoms with Crippen molar-refractivity contribution in [1.29, 1.82) is 0 Å². The van der Waals surface area contributed by atoms with Crippen LogP contribution in [0.2, 0.25) is 0 Å². The Balaban J connectivity index is 1.74. The summed E-state index contributed by atoms with van der Waals surface area (Å²) in [6, 6.07) is 8.38. The van der Waals surface area contributed by atoms with Crippen LogP contribution in [0.1, 0.15) is 47.0 Å². The molecular weight excluding hydrogens is 380 g/mol. The number of piperidine rings is 1. The molecule has 0 aliphatic carbocycles. The first-order valence-corrected chi connectivity index (χ1v) is 11.5. The van der Waals surface area contributed by atoms with Gasteiger partial charge in [0.25, 0.3) is 5.91 Å². The van der Waals surface area contributed by atoms with Crippen molar-refractivity contribution in [3.63, 3.8) is 0 Å². The summed E-state index contributed by atoms with van der Waals surface area (Å²) in [5, 5.41) is 2.02. The zero-order chi connectivity index (χ0) is 19.6. The lowest BCUT2D eigenvalue weighted by Gasteiger charge is -2.32. The molecule has 1 fully saturated rings. The molecule has 1 unspecified atom stereocenters. The van der Waals surface area contributed by atoms with E-state index in [4.69, 9.17) is 0 Å². The number of benzene rings is 1. The molecule has 3 rings (SSSR count). The molecule has 1 aliphatic rings. The summed E-state index contributed by atoms with van der Waals surface area (Å²) in [5.74, 6) is -0.113. The number of rotatable bonds is 5. The van der Waals surface area contributed by atoms with Crippen LogP contribution in [-0.2, 0) is 16.6 Å². The molecule has 146 valence electrons. The van der Waals surface area contributed by atoms with E-state index in [0.29, 0.717) is 18.7 Å². The van der Waals surface area contributed by atoms with Gasteiger partial charge < -0.3 is 4.90 Å². The molecule has 27 heavy (non-hydrogen) atoms. The van der Waals surface area contributed by atoms with Crippen LogP contribution in [0.25, 0.3) is 0 Å². The van der Waals surface area contributed by atoms with Gasteiger partial charge in [-0.05, 0) is 68.0 Å². The number of amides is 1. The summed E-state index contributed by atoms with van der Waals surface area (Å²) < 4.78 is 27.4. The molecule has 1 amide bonds. The smallest absolute Gasteiger partial charge is 0.253 e. The average Bonchev–Trinajstić information content (AvgIpc) is 3.06. The predicted molar refractivity (Wildman–Crippen MR) is 109 cm³/mol. The van der Waals surface area contributed by atoms with Crippen LogP contribution in [0.4, 0.5) is 0 Å². The van der Waals surface area contributed by atoms with Crippen LogP contribution in [0.5, 0.6) is 0 Å². The number of nitrogens with zero attached hydrogens (tertiary/aromatic N) is 2. The van der Waals surface area contributed by atoms with Crippen LogP contribution in [0, 0.1) is 6.92 Å². The van der Waals surface area contributed by atoms with Gasteiger partial charge in [0, 0.05) is 30.1 Å². The monoisotopic (exact) mass is 406 g/mol. The molecule has 1 atom stereocenters. The molecule has 1 aromatic carbocycles. The zero-order valence-corrected chi connectivity index (χ0v) is 17.6. The van der Waals surface area contributed by atoms with Crippen LogP contribution in [0.15, 0.2) is 40.6 Å². The molecule has 0 bridgehead atoms. The minimum Gasteiger partial charge on any atom is -0.337 e. The van der Waals surface area contributed by atoms with Crippen molar-refractivity contribution in [1.82, 2.24) is 9.21 Å². The first-order valence-electron chi connectivity index (χ1n) is 9.21. The number of thiophene rings is 1. The van der Waals surface area contributed by atoms with Crippen LogP contribution in [0.3, 0.4) is 0 Å². The Kier molecular flexibility index (Phi) is 6.03. The minimum atomic E-state index is -3.51. The molecule has 5 nitrogen and oxygen atoms in total. The molecule has 2 aromatic rings. The Bertz CT molecular complexity index is 904. The number of sulfonamides is 1. The summed E-state index contributed by atoms with van der Waals surface area (Å²) in [7, 11) is -1.75. The quantitative estimate of drug-likeness (QED) is 0.757. The van der Waals surface area contributed by atoms with Gasteiger partial charge in [0.15, 0.2) is 0 Å². The number of hydrogen-bond donors (Lipinski definition) is 0. The van der Waals surface area contributed by atoms with Crippen molar-refractivity contribution in [2.24, 2.45) is 0 Å².